The smallest absolute Gasteiger partial charge is 0.337 e. The van der Waals surface area contributed by atoms with Gasteiger partial charge in [0.2, 0.25) is 5.91 Å². The van der Waals surface area contributed by atoms with Crippen LogP contribution in [0, 0.1) is 0 Å². The molecule has 0 atom stereocenters. The Labute approximate surface area is 268 Å². The molecule has 1 aliphatic carbocycles. The van der Waals surface area contributed by atoms with E-state index in [4.69, 9.17) is 19.9 Å². The third-order valence-corrected chi connectivity index (χ3v) is 9.11. The summed E-state index contributed by atoms with van der Waals surface area (Å²) in [6.45, 7) is 4.34. The zero-order valence-electron chi connectivity index (χ0n) is 26.7. The van der Waals surface area contributed by atoms with Crippen molar-refractivity contribution in [3.63, 3.8) is 0 Å². The molecule has 1 fully saturated rings. The van der Waals surface area contributed by atoms with E-state index in [1.807, 2.05) is 30.3 Å². The van der Waals surface area contributed by atoms with E-state index in [0.29, 0.717) is 24.6 Å². The first-order valence-corrected chi connectivity index (χ1v) is 15.7. The molecule has 4 aromatic rings. The Morgan fingerprint density at radius 1 is 0.957 bits per heavy atom. The Hall–Kier alpha value is -4.99. The topological polar surface area (TPSA) is 134 Å². The van der Waals surface area contributed by atoms with Crippen LogP contribution in [0.25, 0.3) is 22.2 Å². The fourth-order valence-electron chi connectivity index (χ4n) is 6.64. The monoisotopic (exact) mass is 624 g/mol. The highest BCUT2D eigenvalue weighted by atomic mass is 16.5. The van der Waals surface area contributed by atoms with Gasteiger partial charge in [-0.2, -0.15) is 0 Å². The zero-order valence-corrected chi connectivity index (χ0v) is 26.7. The quantitative estimate of drug-likeness (QED) is 0.163. The molecule has 0 unspecified atom stereocenters. The molecule has 4 N–H and O–H groups in total. The third-order valence-electron chi connectivity index (χ3n) is 9.11. The SMILES string of the molecule is COC(=O)c1ccc(N)c(NC(=O)C(C)(C)NC(=O)c2ccc3c(C4CCCCC4)c4n(c3c2)CCOc2cc(OC)ccc2-4)c1. The van der Waals surface area contributed by atoms with Crippen LogP contribution >= 0.6 is 0 Å². The van der Waals surface area contributed by atoms with E-state index in [0.717, 1.165) is 46.5 Å². The lowest BCUT2D eigenvalue weighted by Gasteiger charge is -2.26. The van der Waals surface area contributed by atoms with Crippen molar-refractivity contribution >= 4 is 40.1 Å². The Bertz CT molecular complexity index is 1840. The summed E-state index contributed by atoms with van der Waals surface area (Å²) < 4.78 is 18.8. The molecule has 1 saturated carbocycles. The minimum absolute atomic E-state index is 0.244. The summed E-state index contributed by atoms with van der Waals surface area (Å²) in [7, 11) is 2.93. The van der Waals surface area contributed by atoms with Gasteiger partial charge in [-0.25, -0.2) is 4.79 Å². The lowest BCUT2D eigenvalue weighted by Crippen LogP contribution is -2.52. The number of nitrogen functional groups attached to an aromatic ring is 1. The highest BCUT2D eigenvalue weighted by Gasteiger charge is 2.33. The molecule has 1 aromatic heterocycles. The first-order valence-electron chi connectivity index (χ1n) is 15.7. The number of carbonyl (C=O) groups excluding carboxylic acids is 3. The van der Waals surface area contributed by atoms with Crippen LogP contribution in [-0.2, 0) is 16.1 Å². The number of esters is 1. The maximum absolute atomic E-state index is 13.7. The van der Waals surface area contributed by atoms with Gasteiger partial charge in [0, 0.05) is 28.1 Å². The number of fused-ring (bicyclic) bond motifs is 5. The van der Waals surface area contributed by atoms with Gasteiger partial charge in [0.05, 0.1) is 43.4 Å². The number of benzene rings is 3. The van der Waals surface area contributed by atoms with Crippen LogP contribution in [0.2, 0.25) is 0 Å². The summed E-state index contributed by atoms with van der Waals surface area (Å²) in [4.78, 5) is 39.1. The molecule has 0 spiro atoms. The first-order chi connectivity index (χ1) is 22.1. The number of ether oxygens (including phenoxy) is 3. The lowest BCUT2D eigenvalue weighted by atomic mass is 9.81. The van der Waals surface area contributed by atoms with Crippen molar-refractivity contribution < 1.29 is 28.6 Å². The minimum atomic E-state index is -1.31. The summed E-state index contributed by atoms with van der Waals surface area (Å²) in [6, 6.07) is 16.3. The molecule has 46 heavy (non-hydrogen) atoms. The molecule has 2 heterocycles. The number of carbonyl (C=O) groups is 3. The molecule has 0 bridgehead atoms. The number of nitrogens with one attached hydrogen (secondary N) is 2. The maximum atomic E-state index is 13.7. The second-order valence-corrected chi connectivity index (χ2v) is 12.5. The largest absolute Gasteiger partial charge is 0.497 e. The Kier molecular flexibility index (Phi) is 8.37. The highest BCUT2D eigenvalue weighted by molar-refractivity contribution is 6.06. The van der Waals surface area contributed by atoms with Crippen LogP contribution in [0.5, 0.6) is 11.5 Å². The van der Waals surface area contributed by atoms with Gasteiger partial charge in [0.25, 0.3) is 5.91 Å². The highest BCUT2D eigenvalue weighted by Crippen LogP contribution is 2.47. The van der Waals surface area contributed by atoms with E-state index in [1.165, 1.54) is 50.1 Å². The van der Waals surface area contributed by atoms with Gasteiger partial charge >= 0.3 is 5.97 Å². The first kappa shape index (κ1) is 31.0. The zero-order chi connectivity index (χ0) is 32.6. The van der Waals surface area contributed by atoms with Crippen molar-refractivity contribution in [1.29, 1.82) is 0 Å². The normalized spacial score (nSPS) is 14.8. The van der Waals surface area contributed by atoms with Crippen molar-refractivity contribution in [2.45, 2.75) is 64.0 Å². The predicted octanol–water partition coefficient (Wildman–Crippen LogP) is 6.27. The standard InChI is InChI=1S/C36H40N4O6/c1-36(2,35(43)38-28-18-23(34(42)45-4)11-15-27(28)37)39-33(41)22-10-13-25-29(19-22)40-16-17-46-30-20-24(44-3)12-14-26(30)32(40)31(25)21-8-6-5-7-9-21/h10-15,18-21H,5-9,16-17,37H2,1-4H3,(H,38,43)(H,39,41). The summed E-state index contributed by atoms with van der Waals surface area (Å²) in [5, 5.41) is 6.77. The van der Waals surface area contributed by atoms with Crippen molar-refractivity contribution in [3.8, 4) is 22.8 Å². The Balaban J connectivity index is 1.33. The summed E-state index contributed by atoms with van der Waals surface area (Å²) >= 11 is 0. The average molecular weight is 625 g/mol. The van der Waals surface area contributed by atoms with E-state index >= 15 is 0 Å². The molecule has 6 rings (SSSR count). The predicted molar refractivity (Wildman–Crippen MR) is 178 cm³/mol. The van der Waals surface area contributed by atoms with Crippen LogP contribution in [-0.4, -0.2) is 48.7 Å². The van der Waals surface area contributed by atoms with E-state index in [1.54, 1.807) is 21.0 Å². The number of nitrogens with zero attached hydrogens (tertiary/aromatic N) is 1. The van der Waals surface area contributed by atoms with Crippen LogP contribution < -0.4 is 25.8 Å². The number of anilines is 2. The molecular weight excluding hydrogens is 584 g/mol. The van der Waals surface area contributed by atoms with E-state index < -0.39 is 17.4 Å². The number of aromatic nitrogens is 1. The lowest BCUT2D eigenvalue weighted by molar-refractivity contribution is -0.120. The van der Waals surface area contributed by atoms with Gasteiger partial charge in [-0.3, -0.25) is 9.59 Å². The summed E-state index contributed by atoms with van der Waals surface area (Å²) in [6.07, 6.45) is 5.88. The van der Waals surface area contributed by atoms with Crippen LogP contribution in [0.15, 0.2) is 54.6 Å². The van der Waals surface area contributed by atoms with Gasteiger partial charge in [-0.1, -0.05) is 25.3 Å². The van der Waals surface area contributed by atoms with Gasteiger partial charge < -0.3 is 35.1 Å². The number of hydrogen-bond acceptors (Lipinski definition) is 7. The summed E-state index contributed by atoms with van der Waals surface area (Å²) in [5.74, 6) is 0.517. The van der Waals surface area contributed by atoms with E-state index in [9.17, 15) is 14.4 Å². The number of rotatable bonds is 7. The molecule has 0 saturated heterocycles. The van der Waals surface area contributed by atoms with Crippen molar-refractivity contribution in [3.05, 3.63) is 71.3 Å². The number of methoxy groups -OCH3 is 2. The van der Waals surface area contributed by atoms with Crippen LogP contribution in [0.3, 0.4) is 0 Å². The second kappa shape index (κ2) is 12.4. The fourth-order valence-corrected chi connectivity index (χ4v) is 6.64. The van der Waals surface area contributed by atoms with Gasteiger partial charge in [0.1, 0.15) is 23.6 Å². The van der Waals surface area contributed by atoms with E-state index in [-0.39, 0.29) is 22.8 Å². The minimum Gasteiger partial charge on any atom is -0.497 e. The number of nitrogens with two attached hydrogens (primary N) is 1. The number of hydrogen-bond donors (Lipinski definition) is 3. The molecule has 2 aliphatic rings. The Morgan fingerprint density at radius 2 is 1.72 bits per heavy atom. The van der Waals surface area contributed by atoms with E-state index in [2.05, 4.69) is 21.3 Å². The number of amides is 2. The van der Waals surface area contributed by atoms with Crippen molar-refractivity contribution in [2.24, 2.45) is 0 Å². The van der Waals surface area contributed by atoms with Crippen LogP contribution in [0.4, 0.5) is 11.4 Å². The second-order valence-electron chi connectivity index (χ2n) is 12.5. The molecule has 10 nitrogen and oxygen atoms in total. The van der Waals surface area contributed by atoms with Gasteiger partial charge in [-0.15, -0.1) is 0 Å². The molecular formula is C36H40N4O6. The third kappa shape index (κ3) is 5.75. The van der Waals surface area contributed by atoms with Gasteiger partial charge in [-0.05, 0) is 80.6 Å². The van der Waals surface area contributed by atoms with Crippen molar-refractivity contribution in [2.75, 3.05) is 31.9 Å². The molecule has 1 aliphatic heterocycles. The summed E-state index contributed by atoms with van der Waals surface area (Å²) in [5.41, 5.74) is 10.4. The molecule has 0 radical (unpaired) electrons. The average Bonchev–Trinajstić information content (AvgIpc) is 3.26. The molecule has 2 amide bonds. The van der Waals surface area contributed by atoms with Crippen molar-refractivity contribution in [1.82, 2.24) is 9.88 Å². The van der Waals surface area contributed by atoms with Crippen LogP contribution in [0.1, 0.15) is 78.1 Å². The maximum Gasteiger partial charge on any atom is 0.337 e. The fraction of sp³-hybridized carbons (Fsp3) is 0.361. The molecule has 240 valence electrons. The Morgan fingerprint density at radius 3 is 2.46 bits per heavy atom. The molecule has 3 aromatic carbocycles. The van der Waals surface area contributed by atoms with Gasteiger partial charge in [0.15, 0.2) is 0 Å². The molecule has 10 heteroatoms.